The number of aliphatic hydroxyl groups is 1. The molecule has 1 unspecified atom stereocenters. The minimum absolute atomic E-state index is 0.133. The van der Waals surface area contributed by atoms with Gasteiger partial charge in [-0.2, -0.15) is 5.10 Å². The topological polar surface area (TPSA) is 70.4 Å². The SMILES string of the molecule is CC(CCCO)Nc1cnn(CCN(C)C)c(=O)c1Br. The molecule has 1 atom stereocenters. The van der Waals surface area contributed by atoms with E-state index in [1.54, 1.807) is 6.20 Å². The summed E-state index contributed by atoms with van der Waals surface area (Å²) in [6.45, 7) is 3.51. The summed E-state index contributed by atoms with van der Waals surface area (Å²) in [6, 6.07) is 0.178. The van der Waals surface area contributed by atoms with Crippen molar-refractivity contribution in [3.63, 3.8) is 0 Å². The standard InChI is InChI=1S/C13H23BrN4O2/c1-10(5-4-8-19)16-11-9-15-18(7-6-17(2)3)13(20)12(11)14/h9-10,16,19H,4-8H2,1-3H3. The number of rotatable bonds is 8. The Balaban J connectivity index is 2.75. The van der Waals surface area contributed by atoms with Crippen LogP contribution in [0.2, 0.25) is 0 Å². The number of likely N-dealkylation sites (N-methyl/N-ethyl adjacent to an activating group) is 1. The van der Waals surface area contributed by atoms with Crippen LogP contribution in [0.3, 0.4) is 0 Å². The number of aliphatic hydroxyl groups excluding tert-OH is 1. The fourth-order valence-corrected chi connectivity index (χ4v) is 2.18. The Labute approximate surface area is 127 Å². The molecule has 1 aromatic rings. The van der Waals surface area contributed by atoms with Crippen molar-refractivity contribution in [3.8, 4) is 0 Å². The molecule has 20 heavy (non-hydrogen) atoms. The zero-order valence-corrected chi connectivity index (χ0v) is 13.9. The lowest BCUT2D eigenvalue weighted by molar-refractivity contribution is 0.282. The first kappa shape index (κ1) is 17.1. The van der Waals surface area contributed by atoms with Crippen molar-refractivity contribution in [3.05, 3.63) is 21.0 Å². The molecule has 0 fully saturated rings. The normalized spacial score (nSPS) is 12.7. The molecule has 0 aliphatic rings. The van der Waals surface area contributed by atoms with Crippen LogP contribution >= 0.6 is 15.9 Å². The number of hydrogen-bond acceptors (Lipinski definition) is 5. The van der Waals surface area contributed by atoms with E-state index in [-0.39, 0.29) is 18.2 Å². The first-order chi connectivity index (χ1) is 9.45. The Morgan fingerprint density at radius 1 is 1.55 bits per heavy atom. The summed E-state index contributed by atoms with van der Waals surface area (Å²) in [5, 5.41) is 16.2. The van der Waals surface area contributed by atoms with Crippen LogP contribution in [-0.2, 0) is 6.54 Å². The van der Waals surface area contributed by atoms with Gasteiger partial charge in [-0.3, -0.25) is 4.79 Å². The van der Waals surface area contributed by atoms with Gasteiger partial charge in [-0.15, -0.1) is 0 Å². The van der Waals surface area contributed by atoms with Gasteiger partial charge in [0.05, 0.1) is 18.4 Å². The second-order valence-electron chi connectivity index (χ2n) is 5.12. The van der Waals surface area contributed by atoms with Crippen LogP contribution in [0.4, 0.5) is 5.69 Å². The molecule has 1 heterocycles. The third-order valence-electron chi connectivity index (χ3n) is 2.94. The van der Waals surface area contributed by atoms with E-state index in [1.807, 2.05) is 25.9 Å². The molecule has 0 amide bonds. The highest BCUT2D eigenvalue weighted by Gasteiger charge is 2.11. The van der Waals surface area contributed by atoms with Crippen LogP contribution in [0.25, 0.3) is 0 Å². The lowest BCUT2D eigenvalue weighted by Gasteiger charge is -2.16. The maximum atomic E-state index is 12.2. The summed E-state index contributed by atoms with van der Waals surface area (Å²) >= 11 is 3.34. The van der Waals surface area contributed by atoms with E-state index in [2.05, 4.69) is 26.3 Å². The molecule has 1 aromatic heterocycles. The molecule has 6 nitrogen and oxygen atoms in total. The summed E-state index contributed by atoms with van der Waals surface area (Å²) in [5.41, 5.74) is 0.563. The maximum absolute atomic E-state index is 12.2. The van der Waals surface area contributed by atoms with E-state index in [0.29, 0.717) is 16.7 Å². The van der Waals surface area contributed by atoms with Gasteiger partial charge in [-0.1, -0.05) is 0 Å². The van der Waals surface area contributed by atoms with Gasteiger partial charge in [0.15, 0.2) is 0 Å². The van der Waals surface area contributed by atoms with Crippen molar-refractivity contribution in [1.82, 2.24) is 14.7 Å². The highest BCUT2D eigenvalue weighted by molar-refractivity contribution is 9.10. The Kier molecular flexibility index (Phi) is 7.18. The zero-order valence-electron chi connectivity index (χ0n) is 12.3. The Bertz CT molecular complexity index is 476. The van der Waals surface area contributed by atoms with Gasteiger partial charge in [0.1, 0.15) is 4.47 Å². The average Bonchev–Trinajstić information content (AvgIpc) is 2.40. The number of aromatic nitrogens is 2. The number of hydrogen-bond donors (Lipinski definition) is 2. The van der Waals surface area contributed by atoms with Crippen LogP contribution in [-0.4, -0.2) is 53.1 Å². The first-order valence-corrected chi connectivity index (χ1v) is 7.52. The largest absolute Gasteiger partial charge is 0.396 e. The zero-order chi connectivity index (χ0) is 15.1. The third-order valence-corrected chi connectivity index (χ3v) is 3.71. The van der Waals surface area contributed by atoms with Gasteiger partial charge >= 0.3 is 0 Å². The van der Waals surface area contributed by atoms with Gasteiger partial charge < -0.3 is 15.3 Å². The second kappa shape index (κ2) is 8.39. The Morgan fingerprint density at radius 2 is 2.25 bits per heavy atom. The molecule has 0 saturated heterocycles. The fraction of sp³-hybridized carbons (Fsp3) is 0.692. The number of anilines is 1. The van der Waals surface area contributed by atoms with E-state index in [0.717, 1.165) is 19.4 Å². The summed E-state index contributed by atoms with van der Waals surface area (Å²) in [5.74, 6) is 0. The van der Waals surface area contributed by atoms with Crippen LogP contribution in [0.1, 0.15) is 19.8 Å². The third kappa shape index (κ3) is 5.22. The Morgan fingerprint density at radius 3 is 2.85 bits per heavy atom. The van der Waals surface area contributed by atoms with Gasteiger partial charge in [-0.25, -0.2) is 4.68 Å². The molecule has 0 spiro atoms. The smallest absolute Gasteiger partial charge is 0.283 e. The van der Waals surface area contributed by atoms with Crippen molar-refractivity contribution >= 4 is 21.6 Å². The van der Waals surface area contributed by atoms with Crippen molar-refractivity contribution in [2.75, 3.05) is 32.6 Å². The maximum Gasteiger partial charge on any atom is 0.283 e. The highest BCUT2D eigenvalue weighted by Crippen LogP contribution is 2.18. The van der Waals surface area contributed by atoms with Crippen LogP contribution in [0, 0.1) is 0 Å². The van der Waals surface area contributed by atoms with Crippen molar-refractivity contribution < 1.29 is 5.11 Å². The summed E-state index contributed by atoms with van der Waals surface area (Å²) in [4.78, 5) is 14.2. The molecular formula is C13H23BrN4O2. The molecule has 0 aliphatic carbocycles. The second-order valence-corrected chi connectivity index (χ2v) is 5.91. The van der Waals surface area contributed by atoms with Crippen LogP contribution < -0.4 is 10.9 Å². The van der Waals surface area contributed by atoms with Gasteiger partial charge in [-0.05, 0) is 49.8 Å². The molecule has 0 aromatic carbocycles. The lowest BCUT2D eigenvalue weighted by atomic mass is 10.2. The first-order valence-electron chi connectivity index (χ1n) is 6.73. The van der Waals surface area contributed by atoms with Gasteiger partial charge in [0.2, 0.25) is 0 Å². The van der Waals surface area contributed by atoms with Crippen LogP contribution in [0.15, 0.2) is 15.5 Å². The minimum Gasteiger partial charge on any atom is -0.396 e. The van der Waals surface area contributed by atoms with Crippen LogP contribution in [0.5, 0.6) is 0 Å². The molecule has 1 rings (SSSR count). The van der Waals surface area contributed by atoms with E-state index < -0.39 is 0 Å². The monoisotopic (exact) mass is 346 g/mol. The van der Waals surface area contributed by atoms with Crippen molar-refractivity contribution in [2.24, 2.45) is 0 Å². The van der Waals surface area contributed by atoms with E-state index in [9.17, 15) is 4.79 Å². The minimum atomic E-state index is -0.133. The molecular weight excluding hydrogens is 324 g/mol. The van der Waals surface area contributed by atoms with E-state index in [1.165, 1.54) is 4.68 Å². The average molecular weight is 347 g/mol. The lowest BCUT2D eigenvalue weighted by Crippen LogP contribution is -2.30. The number of nitrogens with zero attached hydrogens (tertiary/aromatic N) is 3. The molecule has 0 radical (unpaired) electrons. The van der Waals surface area contributed by atoms with Crippen molar-refractivity contribution in [1.29, 1.82) is 0 Å². The predicted molar refractivity (Wildman–Crippen MR) is 84.2 cm³/mol. The van der Waals surface area contributed by atoms with E-state index >= 15 is 0 Å². The van der Waals surface area contributed by atoms with Gasteiger partial charge in [0, 0.05) is 19.2 Å². The highest BCUT2D eigenvalue weighted by atomic mass is 79.9. The summed E-state index contributed by atoms with van der Waals surface area (Å²) < 4.78 is 1.95. The van der Waals surface area contributed by atoms with Gasteiger partial charge in [0.25, 0.3) is 5.56 Å². The molecule has 7 heteroatoms. The molecule has 0 aliphatic heterocycles. The summed E-state index contributed by atoms with van der Waals surface area (Å²) in [7, 11) is 3.91. The summed E-state index contributed by atoms with van der Waals surface area (Å²) in [6.07, 6.45) is 3.24. The number of nitrogens with one attached hydrogen (secondary N) is 1. The molecule has 0 saturated carbocycles. The quantitative estimate of drug-likeness (QED) is 0.738. The fourth-order valence-electron chi connectivity index (χ4n) is 1.75. The Hall–Kier alpha value is -0.920. The molecule has 114 valence electrons. The van der Waals surface area contributed by atoms with E-state index in [4.69, 9.17) is 5.11 Å². The predicted octanol–water partition coefficient (Wildman–Crippen LogP) is 1.14. The number of halogens is 1. The molecule has 2 N–H and O–H groups in total. The molecule has 0 bridgehead atoms. The van der Waals surface area contributed by atoms with Crippen molar-refractivity contribution in [2.45, 2.75) is 32.4 Å².